The number of hydrogen-bond donors (Lipinski definition) is 1. The van der Waals surface area contributed by atoms with Crippen molar-refractivity contribution in [2.75, 3.05) is 13.7 Å². The van der Waals surface area contributed by atoms with Crippen molar-refractivity contribution in [2.45, 2.75) is 50.5 Å². The number of rotatable bonds is 4. The molecule has 0 aliphatic heterocycles. The number of methoxy groups -OCH3 is 1. The van der Waals surface area contributed by atoms with E-state index >= 15 is 0 Å². The lowest BCUT2D eigenvalue weighted by molar-refractivity contribution is 0.199. The average Bonchev–Trinajstić information content (AvgIpc) is 2.69. The molecule has 2 N–H and O–H groups in total. The highest BCUT2D eigenvalue weighted by Crippen LogP contribution is 2.29. The second kappa shape index (κ2) is 6.12. The van der Waals surface area contributed by atoms with Crippen molar-refractivity contribution in [1.82, 2.24) is 10.1 Å². The average molecular weight is 239 g/mol. The third-order valence-electron chi connectivity index (χ3n) is 3.40. The topological polar surface area (TPSA) is 74.2 Å². The first-order valence-corrected chi connectivity index (χ1v) is 6.38. The van der Waals surface area contributed by atoms with Crippen LogP contribution in [-0.2, 0) is 11.2 Å². The highest BCUT2D eigenvalue weighted by molar-refractivity contribution is 4.99. The lowest BCUT2D eigenvalue weighted by atomic mass is 9.95. The molecule has 0 radical (unpaired) electrons. The van der Waals surface area contributed by atoms with Crippen molar-refractivity contribution in [3.8, 4) is 0 Å². The lowest BCUT2D eigenvalue weighted by Gasteiger charge is -2.16. The summed E-state index contributed by atoms with van der Waals surface area (Å²) in [6.45, 7) is 0.621. The first-order valence-electron chi connectivity index (χ1n) is 6.38. The summed E-state index contributed by atoms with van der Waals surface area (Å²) < 4.78 is 10.3. The summed E-state index contributed by atoms with van der Waals surface area (Å²) in [5.41, 5.74) is 6.17. The van der Waals surface area contributed by atoms with Crippen molar-refractivity contribution in [3.05, 3.63) is 11.7 Å². The van der Waals surface area contributed by atoms with Crippen molar-refractivity contribution < 1.29 is 9.26 Å². The Balaban J connectivity index is 2.01. The van der Waals surface area contributed by atoms with Crippen LogP contribution in [0.15, 0.2) is 4.52 Å². The number of aromatic nitrogens is 2. The molecule has 1 heterocycles. The predicted molar refractivity (Wildman–Crippen MR) is 63.7 cm³/mol. The summed E-state index contributed by atoms with van der Waals surface area (Å²) in [6.07, 6.45) is 6.49. The molecular formula is C12H21N3O2. The zero-order chi connectivity index (χ0) is 12.1. The second-order valence-electron chi connectivity index (χ2n) is 4.70. The van der Waals surface area contributed by atoms with E-state index in [1.165, 1.54) is 19.3 Å². The monoisotopic (exact) mass is 239 g/mol. The van der Waals surface area contributed by atoms with Crippen LogP contribution in [-0.4, -0.2) is 29.9 Å². The fraction of sp³-hybridized carbons (Fsp3) is 0.833. The van der Waals surface area contributed by atoms with Crippen LogP contribution in [0.5, 0.6) is 0 Å². The van der Waals surface area contributed by atoms with Gasteiger partial charge in [0.05, 0.1) is 12.5 Å². The van der Waals surface area contributed by atoms with E-state index in [-0.39, 0.29) is 12.0 Å². The van der Waals surface area contributed by atoms with Crippen LogP contribution >= 0.6 is 0 Å². The molecule has 0 bridgehead atoms. The summed E-state index contributed by atoms with van der Waals surface area (Å²) >= 11 is 0. The molecule has 1 aliphatic carbocycles. The molecule has 0 saturated heterocycles. The highest BCUT2D eigenvalue weighted by atomic mass is 16.5. The third kappa shape index (κ3) is 3.26. The molecule has 1 aromatic rings. The molecule has 1 saturated carbocycles. The Bertz CT molecular complexity index is 340. The second-order valence-corrected chi connectivity index (χ2v) is 4.70. The molecule has 2 atom stereocenters. The number of hydrogen-bond acceptors (Lipinski definition) is 5. The van der Waals surface area contributed by atoms with Crippen LogP contribution in [0.2, 0.25) is 0 Å². The van der Waals surface area contributed by atoms with E-state index in [1.54, 1.807) is 7.11 Å². The molecule has 17 heavy (non-hydrogen) atoms. The fourth-order valence-electron chi connectivity index (χ4n) is 2.36. The molecule has 0 spiro atoms. The van der Waals surface area contributed by atoms with Crippen LogP contribution in [0, 0.1) is 0 Å². The van der Waals surface area contributed by atoms with Gasteiger partial charge in [0.1, 0.15) is 0 Å². The van der Waals surface area contributed by atoms with E-state index in [1.807, 2.05) is 0 Å². The first kappa shape index (κ1) is 12.5. The Morgan fingerprint density at radius 2 is 2.18 bits per heavy atom. The zero-order valence-electron chi connectivity index (χ0n) is 10.4. The Labute approximate surface area is 102 Å². The Hall–Kier alpha value is -0.940. The minimum absolute atomic E-state index is 0.160. The van der Waals surface area contributed by atoms with Crippen molar-refractivity contribution in [2.24, 2.45) is 5.73 Å². The van der Waals surface area contributed by atoms with Gasteiger partial charge in [-0.3, -0.25) is 0 Å². The smallest absolute Gasteiger partial charge is 0.231 e. The van der Waals surface area contributed by atoms with E-state index in [2.05, 4.69) is 10.1 Å². The van der Waals surface area contributed by atoms with E-state index < -0.39 is 0 Å². The summed E-state index contributed by atoms with van der Waals surface area (Å²) in [7, 11) is 1.67. The Morgan fingerprint density at radius 1 is 1.35 bits per heavy atom. The maximum Gasteiger partial charge on any atom is 0.231 e. The molecular weight excluding hydrogens is 218 g/mol. The van der Waals surface area contributed by atoms with Crippen LogP contribution in [0.3, 0.4) is 0 Å². The van der Waals surface area contributed by atoms with E-state index in [4.69, 9.17) is 15.0 Å². The number of ether oxygens (including phenoxy) is 1. The van der Waals surface area contributed by atoms with Gasteiger partial charge in [-0.25, -0.2) is 0 Å². The molecule has 5 nitrogen and oxygen atoms in total. The molecule has 0 amide bonds. The molecule has 5 heteroatoms. The largest absolute Gasteiger partial charge is 0.384 e. The molecule has 1 aliphatic rings. The van der Waals surface area contributed by atoms with Gasteiger partial charge in [-0.1, -0.05) is 24.4 Å². The van der Waals surface area contributed by atoms with Gasteiger partial charge in [-0.05, 0) is 12.8 Å². The molecule has 1 aromatic heterocycles. The maximum absolute atomic E-state index is 6.17. The standard InChI is InChI=1S/C12H21N3O2/c1-16-8-7-11-14-12(17-15-11)9-5-3-2-4-6-10(9)13/h9-10H,2-8,13H2,1H3. The van der Waals surface area contributed by atoms with E-state index in [0.29, 0.717) is 18.9 Å². The van der Waals surface area contributed by atoms with Crippen LogP contribution in [0.1, 0.15) is 49.7 Å². The molecule has 1 fully saturated rings. The van der Waals surface area contributed by atoms with Crippen molar-refractivity contribution in [3.63, 3.8) is 0 Å². The SMILES string of the molecule is COCCc1noc(C2CCCCCC2N)n1. The summed E-state index contributed by atoms with van der Waals surface area (Å²) in [5.74, 6) is 1.67. The van der Waals surface area contributed by atoms with Gasteiger partial charge in [-0.2, -0.15) is 4.98 Å². The van der Waals surface area contributed by atoms with Gasteiger partial charge in [0.15, 0.2) is 5.82 Å². The Kier molecular flexibility index (Phi) is 4.50. The zero-order valence-corrected chi connectivity index (χ0v) is 10.4. The predicted octanol–water partition coefficient (Wildman–Crippen LogP) is 1.63. The molecule has 2 unspecified atom stereocenters. The summed E-state index contributed by atoms with van der Waals surface area (Å²) in [4.78, 5) is 4.43. The third-order valence-corrected chi connectivity index (χ3v) is 3.40. The van der Waals surface area contributed by atoms with Gasteiger partial charge < -0.3 is 15.0 Å². The molecule has 96 valence electrons. The number of nitrogens with two attached hydrogens (primary N) is 1. The summed E-state index contributed by atoms with van der Waals surface area (Å²) in [5, 5.41) is 3.97. The highest BCUT2D eigenvalue weighted by Gasteiger charge is 2.26. The van der Waals surface area contributed by atoms with Crippen molar-refractivity contribution >= 4 is 0 Å². The fourth-order valence-corrected chi connectivity index (χ4v) is 2.36. The minimum Gasteiger partial charge on any atom is -0.384 e. The lowest BCUT2D eigenvalue weighted by Crippen LogP contribution is -2.27. The summed E-state index contributed by atoms with van der Waals surface area (Å²) in [6, 6.07) is 0.160. The quantitative estimate of drug-likeness (QED) is 0.808. The van der Waals surface area contributed by atoms with Crippen LogP contribution in [0.25, 0.3) is 0 Å². The maximum atomic E-state index is 6.17. The first-order chi connectivity index (χ1) is 8.31. The van der Waals surface area contributed by atoms with Gasteiger partial charge in [0.2, 0.25) is 5.89 Å². The van der Waals surface area contributed by atoms with Gasteiger partial charge in [0, 0.05) is 19.6 Å². The Morgan fingerprint density at radius 3 is 3.00 bits per heavy atom. The molecule has 0 aromatic carbocycles. The number of nitrogens with zero attached hydrogens (tertiary/aromatic N) is 2. The molecule has 2 rings (SSSR count). The van der Waals surface area contributed by atoms with E-state index in [0.717, 1.165) is 18.7 Å². The van der Waals surface area contributed by atoms with Crippen LogP contribution < -0.4 is 5.73 Å². The van der Waals surface area contributed by atoms with Gasteiger partial charge in [-0.15, -0.1) is 0 Å². The van der Waals surface area contributed by atoms with Crippen molar-refractivity contribution in [1.29, 1.82) is 0 Å². The van der Waals surface area contributed by atoms with Gasteiger partial charge in [0.25, 0.3) is 0 Å². The normalized spacial score (nSPS) is 25.8. The minimum atomic E-state index is 0.160. The van der Waals surface area contributed by atoms with Crippen LogP contribution in [0.4, 0.5) is 0 Å². The van der Waals surface area contributed by atoms with Gasteiger partial charge >= 0.3 is 0 Å². The van der Waals surface area contributed by atoms with E-state index in [9.17, 15) is 0 Å².